The van der Waals surface area contributed by atoms with E-state index in [-0.39, 0.29) is 0 Å². The number of nitriles is 2. The fourth-order valence-electron chi connectivity index (χ4n) is 2.15. The smallest absolute Gasteiger partial charge is 0.317 e. The first-order chi connectivity index (χ1) is 13.1. The Morgan fingerprint density at radius 1 is 0.679 bits per heavy atom. The number of carbonyl (C=O) groups is 4. The molecule has 0 radical (unpaired) electrons. The van der Waals surface area contributed by atoms with Crippen LogP contribution in [0.25, 0.3) is 0 Å². The topological polar surface area (TPSA) is 222 Å². The van der Waals surface area contributed by atoms with E-state index in [0.29, 0.717) is 9.80 Å². The molecule has 2 atom stereocenters. The lowest BCUT2D eigenvalue weighted by molar-refractivity contribution is -0.199. The Bertz CT molecular complexity index is 567. The molecule has 14 heteroatoms. The van der Waals surface area contributed by atoms with Gasteiger partial charge in [-0.1, -0.05) is 0 Å². The molecule has 2 unspecified atom stereocenters. The van der Waals surface area contributed by atoms with Crippen molar-refractivity contribution in [2.24, 2.45) is 0 Å². The number of nitrogens with zero attached hydrogens (tertiary/aromatic N) is 4. The van der Waals surface area contributed by atoms with E-state index in [1.54, 1.807) is 12.1 Å². The van der Waals surface area contributed by atoms with Gasteiger partial charge in [0.05, 0.1) is 38.3 Å². The zero-order valence-corrected chi connectivity index (χ0v) is 14.4. The first kappa shape index (κ1) is 24.7. The summed E-state index contributed by atoms with van der Waals surface area (Å²) < 4.78 is 10.3. The molecule has 0 fully saturated rings. The van der Waals surface area contributed by atoms with Gasteiger partial charge in [0.15, 0.2) is 12.5 Å². The molecule has 4 N–H and O–H groups in total. The van der Waals surface area contributed by atoms with Crippen molar-refractivity contribution in [2.45, 2.75) is 12.5 Å². The molecule has 0 heterocycles. The zero-order chi connectivity index (χ0) is 21.7. The minimum absolute atomic E-state index is 0.680. The molecule has 0 aliphatic carbocycles. The Balaban J connectivity index is 6.08. The van der Waals surface area contributed by atoms with Gasteiger partial charge < -0.3 is 29.9 Å². The molecule has 0 bridgehead atoms. The van der Waals surface area contributed by atoms with E-state index in [9.17, 15) is 19.2 Å². The number of carboxylic acids is 4. The van der Waals surface area contributed by atoms with E-state index >= 15 is 0 Å². The van der Waals surface area contributed by atoms with Crippen LogP contribution in [-0.2, 0) is 28.7 Å². The second kappa shape index (κ2) is 13.0. The van der Waals surface area contributed by atoms with Gasteiger partial charge in [-0.05, 0) is 0 Å². The first-order valence-corrected chi connectivity index (χ1v) is 7.44. The van der Waals surface area contributed by atoms with Crippen LogP contribution in [0, 0.1) is 22.7 Å². The third-order valence-corrected chi connectivity index (χ3v) is 2.95. The first-order valence-electron chi connectivity index (χ1n) is 7.44. The van der Waals surface area contributed by atoms with E-state index in [1.807, 2.05) is 0 Å². The van der Waals surface area contributed by atoms with Crippen molar-refractivity contribution in [3.05, 3.63) is 0 Å². The maximum atomic E-state index is 11.1. The second-order valence-corrected chi connectivity index (χ2v) is 5.10. The van der Waals surface area contributed by atoms with Gasteiger partial charge >= 0.3 is 23.9 Å². The Labute approximate surface area is 158 Å². The van der Waals surface area contributed by atoms with Gasteiger partial charge in [0.2, 0.25) is 0 Å². The minimum Gasteiger partial charge on any atom is -0.480 e. The van der Waals surface area contributed by atoms with Gasteiger partial charge in [0.25, 0.3) is 0 Å². The molecule has 0 saturated heterocycles. The molecule has 0 saturated carbocycles. The molecule has 0 rings (SSSR count). The standard InChI is InChI=1S/C14H18N4O10/c15-1-3-27-13(17(5-9(19)20)6-10(21)22)14(28-4-2-16)18(7-11(23)24)8-12(25)26/h13-14H,3-8H2,(H,19,20)(H,21,22)(H,23,24)(H,25,26). The highest BCUT2D eigenvalue weighted by Gasteiger charge is 2.37. The van der Waals surface area contributed by atoms with E-state index < -0.39 is 75.7 Å². The molecule has 14 nitrogen and oxygen atoms in total. The predicted molar refractivity (Wildman–Crippen MR) is 84.4 cm³/mol. The SMILES string of the molecule is N#CCOC(C(OCC#N)N(CC(=O)O)CC(=O)O)N(CC(=O)O)CC(=O)O. The average molecular weight is 402 g/mol. The van der Waals surface area contributed by atoms with Gasteiger partial charge in [-0.25, -0.2) is 0 Å². The molecule has 0 aromatic rings. The Morgan fingerprint density at radius 2 is 0.929 bits per heavy atom. The van der Waals surface area contributed by atoms with Crippen molar-refractivity contribution in [3.63, 3.8) is 0 Å². The summed E-state index contributed by atoms with van der Waals surface area (Å²) in [7, 11) is 0. The monoisotopic (exact) mass is 402 g/mol. The fourth-order valence-corrected chi connectivity index (χ4v) is 2.15. The van der Waals surface area contributed by atoms with Crippen LogP contribution in [0.1, 0.15) is 0 Å². The zero-order valence-electron chi connectivity index (χ0n) is 14.4. The van der Waals surface area contributed by atoms with Gasteiger partial charge in [0.1, 0.15) is 13.2 Å². The summed E-state index contributed by atoms with van der Waals surface area (Å²) in [4.78, 5) is 45.7. The Hall–Kier alpha value is -3.30. The van der Waals surface area contributed by atoms with E-state index in [2.05, 4.69) is 0 Å². The number of carboxylic acid groups (broad SMARTS) is 4. The number of hydrogen-bond donors (Lipinski definition) is 4. The maximum Gasteiger partial charge on any atom is 0.317 e. The number of aliphatic carboxylic acids is 4. The van der Waals surface area contributed by atoms with E-state index in [0.717, 1.165) is 0 Å². The number of rotatable bonds is 15. The predicted octanol–water partition coefficient (Wildman–Crippen LogP) is -2.34. The number of ether oxygens (including phenoxy) is 2. The normalized spacial score (nSPS) is 12.7. The third kappa shape index (κ3) is 10.00. The molecule has 28 heavy (non-hydrogen) atoms. The van der Waals surface area contributed by atoms with Crippen LogP contribution in [0.15, 0.2) is 0 Å². The number of hydrogen-bond acceptors (Lipinski definition) is 10. The molecule has 0 aromatic carbocycles. The largest absolute Gasteiger partial charge is 0.480 e. The fraction of sp³-hybridized carbons (Fsp3) is 0.571. The second-order valence-electron chi connectivity index (χ2n) is 5.10. The lowest BCUT2D eigenvalue weighted by atomic mass is 10.3. The van der Waals surface area contributed by atoms with Crippen molar-refractivity contribution >= 4 is 23.9 Å². The van der Waals surface area contributed by atoms with Crippen LogP contribution < -0.4 is 0 Å². The summed E-state index contributed by atoms with van der Waals surface area (Å²) in [5.74, 6) is -5.91. The summed E-state index contributed by atoms with van der Waals surface area (Å²) in [5.41, 5.74) is 0. The van der Waals surface area contributed by atoms with Crippen LogP contribution in [-0.4, -0.2) is 106 Å². The highest BCUT2D eigenvalue weighted by Crippen LogP contribution is 2.15. The molecular formula is C14H18N4O10. The van der Waals surface area contributed by atoms with Crippen LogP contribution >= 0.6 is 0 Å². The maximum absolute atomic E-state index is 11.1. The third-order valence-electron chi connectivity index (χ3n) is 2.95. The summed E-state index contributed by atoms with van der Waals surface area (Å²) in [5, 5.41) is 53.5. The summed E-state index contributed by atoms with van der Waals surface area (Å²) in [6, 6.07) is 3.15. The molecule has 154 valence electrons. The van der Waals surface area contributed by atoms with Gasteiger partial charge in [-0.15, -0.1) is 0 Å². The lowest BCUT2D eigenvalue weighted by Gasteiger charge is -2.38. The summed E-state index contributed by atoms with van der Waals surface area (Å²) in [6.07, 6.45) is -3.36. The summed E-state index contributed by atoms with van der Waals surface area (Å²) in [6.45, 7) is -5.02. The van der Waals surface area contributed by atoms with Crippen molar-refractivity contribution < 1.29 is 49.1 Å². The average Bonchev–Trinajstić information content (AvgIpc) is 2.55. The Morgan fingerprint density at radius 3 is 1.11 bits per heavy atom. The quantitative estimate of drug-likeness (QED) is 0.211. The Kier molecular flexibility index (Phi) is 11.4. The van der Waals surface area contributed by atoms with Crippen LogP contribution in [0.3, 0.4) is 0 Å². The lowest BCUT2D eigenvalue weighted by Crippen LogP contribution is -2.58. The van der Waals surface area contributed by atoms with Gasteiger partial charge in [0, 0.05) is 0 Å². The van der Waals surface area contributed by atoms with Crippen molar-refractivity contribution in [3.8, 4) is 12.1 Å². The highest BCUT2D eigenvalue weighted by atomic mass is 16.6. The van der Waals surface area contributed by atoms with E-state index in [1.165, 1.54) is 0 Å². The molecule has 0 aliphatic rings. The van der Waals surface area contributed by atoms with Crippen LogP contribution in [0.2, 0.25) is 0 Å². The molecule has 0 amide bonds. The van der Waals surface area contributed by atoms with Crippen LogP contribution in [0.4, 0.5) is 0 Å². The van der Waals surface area contributed by atoms with Crippen molar-refractivity contribution in [1.29, 1.82) is 10.5 Å². The van der Waals surface area contributed by atoms with E-state index in [4.69, 9.17) is 40.4 Å². The highest BCUT2D eigenvalue weighted by molar-refractivity contribution is 5.73. The van der Waals surface area contributed by atoms with Crippen LogP contribution in [0.5, 0.6) is 0 Å². The van der Waals surface area contributed by atoms with Crippen molar-refractivity contribution in [2.75, 3.05) is 39.4 Å². The molecular weight excluding hydrogens is 384 g/mol. The van der Waals surface area contributed by atoms with Gasteiger partial charge in [-0.3, -0.25) is 29.0 Å². The van der Waals surface area contributed by atoms with Gasteiger partial charge in [-0.2, -0.15) is 10.5 Å². The molecule has 0 spiro atoms. The summed E-state index contributed by atoms with van der Waals surface area (Å²) >= 11 is 0. The minimum atomic E-state index is -1.68. The molecule has 0 aromatic heterocycles. The van der Waals surface area contributed by atoms with Crippen molar-refractivity contribution in [1.82, 2.24) is 9.80 Å². The molecule has 0 aliphatic heterocycles.